The number of nitrogens with zero attached hydrogens (tertiary/aromatic N) is 1. The number of hydrogen-bond acceptors (Lipinski definition) is 4. The topological polar surface area (TPSA) is 72.2 Å². The van der Waals surface area contributed by atoms with E-state index in [9.17, 15) is 14.9 Å². The van der Waals surface area contributed by atoms with Crippen LogP contribution in [0.1, 0.15) is 35.7 Å². The Bertz CT molecular complexity index is 684. The molecule has 5 nitrogen and oxygen atoms in total. The standard InChI is InChI=1S/C17H18N2O3/c1-12(14-6-4-3-5-7-14)11-18-16-9-8-15(13(2)20)10-17(16)19(21)22/h3-10,12,18H,11H2,1-2H3/t12-/m1/s1. The molecule has 5 heteroatoms. The fraction of sp³-hybridized carbons (Fsp3) is 0.235. The molecule has 0 unspecified atom stereocenters. The van der Waals surface area contributed by atoms with Crippen LogP contribution in [-0.4, -0.2) is 17.3 Å². The Morgan fingerprint density at radius 2 is 1.91 bits per heavy atom. The minimum atomic E-state index is -0.470. The molecular formula is C17H18N2O3. The van der Waals surface area contributed by atoms with Crippen molar-refractivity contribution in [1.82, 2.24) is 0 Å². The Balaban J connectivity index is 2.15. The molecular weight excluding hydrogens is 280 g/mol. The van der Waals surface area contributed by atoms with Crippen molar-refractivity contribution >= 4 is 17.2 Å². The zero-order valence-corrected chi connectivity index (χ0v) is 12.6. The molecule has 0 fully saturated rings. The van der Waals surface area contributed by atoms with E-state index in [1.165, 1.54) is 13.0 Å². The number of rotatable bonds is 6. The summed E-state index contributed by atoms with van der Waals surface area (Å²) < 4.78 is 0. The molecule has 0 aliphatic rings. The minimum absolute atomic E-state index is 0.0760. The molecule has 1 atom stereocenters. The second kappa shape index (κ2) is 6.85. The Kier molecular flexibility index (Phi) is 4.88. The van der Waals surface area contributed by atoms with E-state index in [4.69, 9.17) is 0 Å². The number of nitro groups is 1. The van der Waals surface area contributed by atoms with Crippen molar-refractivity contribution < 1.29 is 9.72 Å². The maximum absolute atomic E-state index is 11.3. The van der Waals surface area contributed by atoms with E-state index in [-0.39, 0.29) is 17.4 Å². The second-order valence-electron chi connectivity index (χ2n) is 5.24. The number of benzene rings is 2. The second-order valence-corrected chi connectivity index (χ2v) is 5.24. The number of carbonyl (C=O) groups is 1. The van der Waals surface area contributed by atoms with Crippen LogP contribution in [0.2, 0.25) is 0 Å². The van der Waals surface area contributed by atoms with Crippen molar-refractivity contribution in [2.24, 2.45) is 0 Å². The van der Waals surface area contributed by atoms with Crippen molar-refractivity contribution in [2.45, 2.75) is 19.8 Å². The Hall–Kier alpha value is -2.69. The number of carbonyl (C=O) groups excluding carboxylic acids is 1. The SMILES string of the molecule is CC(=O)c1ccc(NC[C@@H](C)c2ccccc2)c([N+](=O)[O-])c1. The smallest absolute Gasteiger partial charge is 0.293 e. The van der Waals surface area contributed by atoms with Gasteiger partial charge in [0.05, 0.1) is 4.92 Å². The third kappa shape index (κ3) is 3.69. The summed E-state index contributed by atoms with van der Waals surface area (Å²) in [6.45, 7) is 4.02. The van der Waals surface area contributed by atoms with Gasteiger partial charge in [-0.15, -0.1) is 0 Å². The van der Waals surface area contributed by atoms with Crippen LogP contribution in [0.4, 0.5) is 11.4 Å². The highest BCUT2D eigenvalue weighted by Crippen LogP contribution is 2.27. The molecule has 0 bridgehead atoms. The first kappa shape index (κ1) is 15.7. The summed E-state index contributed by atoms with van der Waals surface area (Å²) in [5.41, 5.74) is 1.86. The highest BCUT2D eigenvalue weighted by atomic mass is 16.6. The normalized spacial score (nSPS) is 11.7. The van der Waals surface area contributed by atoms with Crippen LogP contribution in [0, 0.1) is 10.1 Å². The fourth-order valence-corrected chi connectivity index (χ4v) is 2.21. The zero-order chi connectivity index (χ0) is 16.1. The number of nitro benzene ring substituents is 1. The highest BCUT2D eigenvalue weighted by molar-refractivity contribution is 5.95. The first-order valence-corrected chi connectivity index (χ1v) is 7.07. The van der Waals surface area contributed by atoms with Gasteiger partial charge in [-0.05, 0) is 30.5 Å². The highest BCUT2D eigenvalue weighted by Gasteiger charge is 2.16. The molecule has 2 rings (SSSR count). The summed E-state index contributed by atoms with van der Waals surface area (Å²) in [6, 6.07) is 14.5. The van der Waals surface area contributed by atoms with Gasteiger partial charge in [0.15, 0.2) is 5.78 Å². The molecule has 0 radical (unpaired) electrons. The van der Waals surface area contributed by atoms with E-state index < -0.39 is 4.92 Å². The van der Waals surface area contributed by atoms with Crippen LogP contribution >= 0.6 is 0 Å². The largest absolute Gasteiger partial charge is 0.379 e. The Morgan fingerprint density at radius 3 is 2.50 bits per heavy atom. The van der Waals surface area contributed by atoms with Crippen molar-refractivity contribution in [1.29, 1.82) is 0 Å². The lowest BCUT2D eigenvalue weighted by atomic mass is 10.0. The molecule has 2 aromatic rings. The van der Waals surface area contributed by atoms with Crippen LogP contribution in [0.15, 0.2) is 48.5 Å². The third-order valence-corrected chi connectivity index (χ3v) is 3.57. The summed E-state index contributed by atoms with van der Waals surface area (Å²) in [7, 11) is 0. The first-order valence-electron chi connectivity index (χ1n) is 7.07. The van der Waals surface area contributed by atoms with Crippen molar-refractivity contribution in [3.05, 3.63) is 69.8 Å². The molecule has 0 saturated carbocycles. The molecule has 114 valence electrons. The molecule has 1 N–H and O–H groups in total. The van der Waals surface area contributed by atoms with Gasteiger partial charge >= 0.3 is 0 Å². The Labute approximate surface area is 129 Å². The number of ketones is 1. The summed E-state index contributed by atoms with van der Waals surface area (Å²) in [6.07, 6.45) is 0. The maximum atomic E-state index is 11.3. The van der Waals surface area contributed by atoms with Gasteiger partial charge in [-0.3, -0.25) is 14.9 Å². The molecule has 0 amide bonds. The lowest BCUT2D eigenvalue weighted by Gasteiger charge is -2.14. The number of nitrogens with one attached hydrogen (secondary N) is 1. The van der Waals surface area contributed by atoms with E-state index in [0.717, 1.165) is 5.56 Å². The van der Waals surface area contributed by atoms with Gasteiger partial charge in [0.25, 0.3) is 5.69 Å². The average molecular weight is 298 g/mol. The Morgan fingerprint density at radius 1 is 1.23 bits per heavy atom. The van der Waals surface area contributed by atoms with Gasteiger partial charge in [-0.2, -0.15) is 0 Å². The van der Waals surface area contributed by atoms with Gasteiger partial charge in [-0.25, -0.2) is 0 Å². The minimum Gasteiger partial charge on any atom is -0.379 e. The molecule has 0 heterocycles. The average Bonchev–Trinajstić information content (AvgIpc) is 2.53. The van der Waals surface area contributed by atoms with Crippen LogP contribution in [0.5, 0.6) is 0 Å². The molecule has 0 saturated heterocycles. The van der Waals surface area contributed by atoms with Crippen LogP contribution < -0.4 is 5.32 Å². The molecule has 2 aromatic carbocycles. The number of anilines is 1. The van der Waals surface area contributed by atoms with E-state index >= 15 is 0 Å². The zero-order valence-electron chi connectivity index (χ0n) is 12.6. The lowest BCUT2D eigenvalue weighted by Crippen LogP contribution is -2.11. The number of Topliss-reactive ketones (excluding diaryl/α,β-unsaturated/α-hetero) is 1. The van der Waals surface area contributed by atoms with Crippen LogP contribution in [0.25, 0.3) is 0 Å². The van der Waals surface area contributed by atoms with Crippen molar-refractivity contribution in [3.8, 4) is 0 Å². The van der Waals surface area contributed by atoms with Crippen molar-refractivity contribution in [2.75, 3.05) is 11.9 Å². The van der Waals surface area contributed by atoms with Crippen LogP contribution in [-0.2, 0) is 0 Å². The van der Waals surface area contributed by atoms with Gasteiger partial charge in [0, 0.05) is 18.2 Å². The van der Waals surface area contributed by atoms with Crippen LogP contribution in [0.3, 0.4) is 0 Å². The van der Waals surface area contributed by atoms with E-state index in [1.54, 1.807) is 12.1 Å². The maximum Gasteiger partial charge on any atom is 0.293 e. The number of hydrogen-bond donors (Lipinski definition) is 1. The molecule has 0 aliphatic carbocycles. The van der Waals surface area contributed by atoms with Gasteiger partial charge in [0.1, 0.15) is 5.69 Å². The summed E-state index contributed by atoms with van der Waals surface area (Å²) in [5, 5.41) is 14.3. The molecule has 22 heavy (non-hydrogen) atoms. The van der Waals surface area contributed by atoms with Crippen molar-refractivity contribution in [3.63, 3.8) is 0 Å². The lowest BCUT2D eigenvalue weighted by molar-refractivity contribution is -0.384. The summed E-state index contributed by atoms with van der Waals surface area (Å²) >= 11 is 0. The summed E-state index contributed by atoms with van der Waals surface area (Å²) in [5.74, 6) is 0.0283. The predicted octanol–water partition coefficient (Wildman–Crippen LogP) is 4.01. The molecule has 0 aliphatic heterocycles. The monoisotopic (exact) mass is 298 g/mol. The fourth-order valence-electron chi connectivity index (χ4n) is 2.21. The van der Waals surface area contributed by atoms with E-state index in [1.807, 2.05) is 30.3 Å². The quantitative estimate of drug-likeness (QED) is 0.497. The predicted molar refractivity (Wildman–Crippen MR) is 86.4 cm³/mol. The molecule has 0 spiro atoms. The third-order valence-electron chi connectivity index (χ3n) is 3.57. The van der Waals surface area contributed by atoms with E-state index in [2.05, 4.69) is 12.2 Å². The summed E-state index contributed by atoms with van der Waals surface area (Å²) in [4.78, 5) is 22.0. The van der Waals surface area contributed by atoms with Gasteiger partial charge < -0.3 is 5.32 Å². The van der Waals surface area contributed by atoms with E-state index in [0.29, 0.717) is 17.8 Å². The van der Waals surface area contributed by atoms with Gasteiger partial charge in [0.2, 0.25) is 0 Å². The van der Waals surface area contributed by atoms with Gasteiger partial charge in [-0.1, -0.05) is 37.3 Å². The first-order chi connectivity index (χ1) is 10.5. The molecule has 0 aromatic heterocycles.